The molecule has 10 nitrogen and oxygen atoms in total. The number of fused-ring (bicyclic) bond motifs is 1. The fourth-order valence-electron chi connectivity index (χ4n) is 4.45. The van der Waals surface area contributed by atoms with Crippen molar-refractivity contribution < 1.29 is 17.9 Å². The average Bonchev–Trinajstić information content (AvgIpc) is 3.18. The Kier molecular flexibility index (Phi) is 9.10. The van der Waals surface area contributed by atoms with Crippen LogP contribution in [0.2, 0.25) is 0 Å². The number of anilines is 2. The van der Waals surface area contributed by atoms with Gasteiger partial charge < -0.3 is 15.8 Å². The van der Waals surface area contributed by atoms with Crippen LogP contribution < -0.4 is 11.1 Å². The summed E-state index contributed by atoms with van der Waals surface area (Å²) in [5, 5.41) is 15.1. The summed E-state index contributed by atoms with van der Waals surface area (Å²) in [6, 6.07) is 3.20. The lowest BCUT2D eigenvalue weighted by atomic mass is 10.0. The third-order valence-corrected chi connectivity index (χ3v) is 6.64. The molecule has 3 aromatic heterocycles. The molecule has 2 aliphatic heterocycles. The number of halogens is 3. The average molecular weight is 534 g/mol. The van der Waals surface area contributed by atoms with Crippen molar-refractivity contribution in [1.82, 2.24) is 24.5 Å². The number of hydrogen-bond donors (Lipinski definition) is 2. The molecule has 0 bridgehead atoms. The predicted molar refractivity (Wildman–Crippen MR) is 140 cm³/mol. The Morgan fingerprint density at radius 3 is 2.63 bits per heavy atom. The Balaban J connectivity index is 0.000000617. The number of azo groups is 1. The van der Waals surface area contributed by atoms with Gasteiger partial charge in [-0.2, -0.15) is 15.2 Å². The van der Waals surface area contributed by atoms with Gasteiger partial charge in [0, 0.05) is 20.1 Å². The number of aromatic nitrogens is 4. The standard InChI is InChI=1S/C21H25F2N9O.C4H9F/c1-11-15(29-25-2)3-4-17(26-11)18-14(23)8-32-19(18)20(24)28-21(30-32)27-16-5-6-31(7-13(16)22)12-9-33-10-12;1-2-3-4-5/h3-4,8,12-13,16H,5-7,9-10H2,1-2H3,(H3,24,27,28,30);2-4H2,1H3. The lowest BCUT2D eigenvalue weighted by molar-refractivity contribution is -0.0794. The van der Waals surface area contributed by atoms with E-state index in [1.54, 1.807) is 26.1 Å². The van der Waals surface area contributed by atoms with E-state index >= 15 is 0 Å². The second kappa shape index (κ2) is 12.5. The highest BCUT2D eigenvalue weighted by atomic mass is 19.1. The largest absolute Gasteiger partial charge is 0.382 e. The molecular formula is C25H34F3N9O. The Labute approximate surface area is 219 Å². The first kappa shape index (κ1) is 27.7. The smallest absolute Gasteiger partial charge is 0.243 e. The summed E-state index contributed by atoms with van der Waals surface area (Å²) in [7, 11) is 1.57. The van der Waals surface area contributed by atoms with Gasteiger partial charge in [0.15, 0.2) is 11.6 Å². The highest BCUT2D eigenvalue weighted by molar-refractivity contribution is 5.87. The lowest BCUT2D eigenvalue weighted by Crippen LogP contribution is -2.57. The zero-order valence-corrected chi connectivity index (χ0v) is 21.9. The van der Waals surface area contributed by atoms with Gasteiger partial charge in [-0.1, -0.05) is 13.3 Å². The van der Waals surface area contributed by atoms with Crippen LogP contribution in [0.1, 0.15) is 31.9 Å². The van der Waals surface area contributed by atoms with Crippen LogP contribution in [0, 0.1) is 12.7 Å². The van der Waals surface area contributed by atoms with Crippen LogP contribution in [0.3, 0.4) is 0 Å². The molecule has 0 aromatic carbocycles. The van der Waals surface area contributed by atoms with E-state index in [2.05, 4.69) is 35.5 Å². The number of nitrogens with two attached hydrogens (primary N) is 1. The first-order valence-corrected chi connectivity index (χ1v) is 12.8. The molecule has 38 heavy (non-hydrogen) atoms. The third kappa shape index (κ3) is 6.04. The number of hydrogen-bond acceptors (Lipinski definition) is 9. The minimum Gasteiger partial charge on any atom is -0.382 e. The molecule has 0 spiro atoms. The maximum absolute atomic E-state index is 14.9. The molecule has 5 heterocycles. The molecule has 2 saturated heterocycles. The molecule has 206 valence electrons. The van der Waals surface area contributed by atoms with E-state index in [1.165, 1.54) is 10.7 Å². The van der Waals surface area contributed by atoms with Crippen molar-refractivity contribution >= 4 is 23.0 Å². The number of rotatable bonds is 7. The zero-order valence-electron chi connectivity index (χ0n) is 21.9. The molecule has 2 aliphatic rings. The van der Waals surface area contributed by atoms with Crippen molar-refractivity contribution in [2.24, 2.45) is 10.2 Å². The number of piperidine rings is 1. The van der Waals surface area contributed by atoms with E-state index in [1.807, 2.05) is 6.92 Å². The van der Waals surface area contributed by atoms with Crippen molar-refractivity contribution in [1.29, 1.82) is 0 Å². The van der Waals surface area contributed by atoms with Crippen LogP contribution in [-0.2, 0) is 4.74 Å². The zero-order chi connectivity index (χ0) is 27.2. The number of alkyl halides is 2. The van der Waals surface area contributed by atoms with Crippen LogP contribution in [-0.4, -0.2) is 82.8 Å². The first-order chi connectivity index (χ1) is 18.4. The van der Waals surface area contributed by atoms with E-state index in [4.69, 9.17) is 10.5 Å². The Morgan fingerprint density at radius 1 is 1.26 bits per heavy atom. The maximum atomic E-state index is 14.9. The summed E-state index contributed by atoms with van der Waals surface area (Å²) in [5.41, 5.74) is 8.27. The minimum atomic E-state index is -1.09. The number of nitrogens with zero attached hydrogens (tertiary/aromatic N) is 7. The molecule has 0 saturated carbocycles. The molecule has 2 fully saturated rings. The summed E-state index contributed by atoms with van der Waals surface area (Å²) in [4.78, 5) is 10.8. The molecule has 13 heteroatoms. The molecule has 0 radical (unpaired) electrons. The molecular weight excluding hydrogens is 499 g/mol. The Hall–Kier alpha value is -3.32. The van der Waals surface area contributed by atoms with Crippen LogP contribution in [0.25, 0.3) is 16.8 Å². The quantitative estimate of drug-likeness (QED) is 0.429. The SMILES string of the molecule is CCCCF.CN=Nc1ccc(-c2c(F)cn3nc(NC4CCN(C5COC5)CC4F)nc(N)c23)nc1C. The number of likely N-dealkylation sites (tertiary alicyclic amines) is 1. The second-order valence-corrected chi connectivity index (χ2v) is 9.35. The number of pyridine rings is 1. The van der Waals surface area contributed by atoms with Gasteiger partial charge in [-0.15, -0.1) is 5.10 Å². The van der Waals surface area contributed by atoms with Crippen molar-refractivity contribution in [3.63, 3.8) is 0 Å². The summed E-state index contributed by atoms with van der Waals surface area (Å²) in [6.07, 6.45) is 2.41. The van der Waals surface area contributed by atoms with Gasteiger partial charge in [0.2, 0.25) is 5.95 Å². The monoisotopic (exact) mass is 533 g/mol. The van der Waals surface area contributed by atoms with E-state index in [0.717, 1.165) is 19.4 Å². The second-order valence-electron chi connectivity index (χ2n) is 9.35. The molecule has 2 unspecified atom stereocenters. The van der Waals surface area contributed by atoms with Crippen molar-refractivity contribution in [3.8, 4) is 11.3 Å². The highest BCUT2D eigenvalue weighted by Crippen LogP contribution is 2.33. The molecule has 5 rings (SSSR count). The number of ether oxygens (including phenoxy) is 1. The van der Waals surface area contributed by atoms with E-state index in [9.17, 15) is 13.2 Å². The molecule has 3 aromatic rings. The summed E-state index contributed by atoms with van der Waals surface area (Å²) in [6.45, 7) is 5.97. The Bertz CT molecular complexity index is 1260. The molecule has 0 amide bonds. The number of unbranched alkanes of at least 4 members (excludes halogenated alkanes) is 1. The first-order valence-electron chi connectivity index (χ1n) is 12.8. The Morgan fingerprint density at radius 2 is 2.05 bits per heavy atom. The number of nitrogen functional groups attached to an aromatic ring is 1. The van der Waals surface area contributed by atoms with Crippen LogP contribution in [0.5, 0.6) is 0 Å². The van der Waals surface area contributed by atoms with Crippen molar-refractivity contribution in [3.05, 3.63) is 29.8 Å². The summed E-state index contributed by atoms with van der Waals surface area (Å²) >= 11 is 0. The van der Waals surface area contributed by atoms with Gasteiger partial charge in [0.05, 0.1) is 55.1 Å². The van der Waals surface area contributed by atoms with Crippen molar-refractivity contribution in [2.45, 2.75) is 51.4 Å². The van der Waals surface area contributed by atoms with Gasteiger partial charge in [0.1, 0.15) is 17.4 Å². The molecule has 3 N–H and O–H groups in total. The van der Waals surface area contributed by atoms with Gasteiger partial charge in [-0.05, 0) is 31.9 Å². The van der Waals surface area contributed by atoms with Gasteiger partial charge >= 0.3 is 0 Å². The van der Waals surface area contributed by atoms with Crippen LogP contribution >= 0.6 is 0 Å². The highest BCUT2D eigenvalue weighted by Gasteiger charge is 2.35. The maximum Gasteiger partial charge on any atom is 0.243 e. The summed E-state index contributed by atoms with van der Waals surface area (Å²) < 4.78 is 47.3. The van der Waals surface area contributed by atoms with E-state index in [-0.39, 0.29) is 24.0 Å². The van der Waals surface area contributed by atoms with Gasteiger partial charge in [-0.3, -0.25) is 14.3 Å². The fourth-order valence-corrected chi connectivity index (χ4v) is 4.45. The van der Waals surface area contributed by atoms with Gasteiger partial charge in [0.25, 0.3) is 0 Å². The van der Waals surface area contributed by atoms with Gasteiger partial charge in [-0.25, -0.2) is 13.3 Å². The number of nitrogens with one attached hydrogen (secondary N) is 1. The van der Waals surface area contributed by atoms with E-state index in [0.29, 0.717) is 54.8 Å². The molecule has 2 atom stereocenters. The third-order valence-electron chi connectivity index (χ3n) is 6.64. The fraction of sp³-hybridized carbons (Fsp3) is 0.560. The van der Waals surface area contributed by atoms with Crippen molar-refractivity contribution in [2.75, 3.05) is 51.1 Å². The normalized spacial score (nSPS) is 20.4. The topological polar surface area (TPSA) is 118 Å². The molecule has 0 aliphatic carbocycles. The van der Waals surface area contributed by atoms with Crippen LogP contribution in [0.15, 0.2) is 28.6 Å². The predicted octanol–water partition coefficient (Wildman–Crippen LogP) is 4.51. The van der Waals surface area contributed by atoms with Crippen LogP contribution in [0.4, 0.5) is 30.6 Å². The minimum absolute atomic E-state index is 0.0719. The summed E-state index contributed by atoms with van der Waals surface area (Å²) in [5.74, 6) is -0.315. The lowest BCUT2D eigenvalue weighted by Gasteiger charge is -2.42. The van der Waals surface area contributed by atoms with E-state index < -0.39 is 18.0 Å². The number of aryl methyl sites for hydroxylation is 1.